The molecule has 10 heteroatoms. The molecule has 0 amide bonds. The largest absolute Gasteiger partial charge is 0.486 e. The van der Waals surface area contributed by atoms with Crippen molar-refractivity contribution in [1.29, 1.82) is 0 Å². The summed E-state index contributed by atoms with van der Waals surface area (Å²) in [5.74, 6) is 0.871. The van der Waals surface area contributed by atoms with E-state index in [1.54, 1.807) is 4.57 Å². The summed E-state index contributed by atoms with van der Waals surface area (Å²) < 4.78 is 18.8. The Balaban J connectivity index is 1.43. The van der Waals surface area contributed by atoms with Crippen molar-refractivity contribution in [3.8, 4) is 22.9 Å². The third kappa shape index (κ3) is 3.92. The maximum atomic E-state index is 13.9. The molecule has 10 nitrogen and oxygen atoms in total. The van der Waals surface area contributed by atoms with Crippen LogP contribution in [0.2, 0.25) is 0 Å². The van der Waals surface area contributed by atoms with Gasteiger partial charge in [0.1, 0.15) is 25.4 Å². The lowest BCUT2D eigenvalue weighted by Gasteiger charge is -2.33. The molecule has 2 aromatic heterocycles. The SMILES string of the molecule is CCC1(O)CC(=O)OCc2c1cc1n(c2=O)Cc2c-1nc1cc3c(cc1c2CN1CCN(C)CC1)OCCO3. The van der Waals surface area contributed by atoms with E-state index in [0.717, 1.165) is 60.4 Å². The Bertz CT molecular complexity index is 1570. The van der Waals surface area contributed by atoms with Crippen molar-refractivity contribution in [1.82, 2.24) is 19.4 Å². The molecule has 0 aliphatic carbocycles. The summed E-state index contributed by atoms with van der Waals surface area (Å²) in [5.41, 5.74) is 3.40. The van der Waals surface area contributed by atoms with Gasteiger partial charge in [0, 0.05) is 49.7 Å². The molecule has 6 heterocycles. The van der Waals surface area contributed by atoms with E-state index in [2.05, 4.69) is 16.8 Å². The topological polar surface area (TPSA) is 106 Å². The first-order valence-electron chi connectivity index (χ1n) is 13.7. The normalized spacial score (nSPS) is 22.7. The van der Waals surface area contributed by atoms with Gasteiger partial charge in [0.15, 0.2) is 11.5 Å². The van der Waals surface area contributed by atoms with Crippen molar-refractivity contribution in [2.75, 3.05) is 46.4 Å². The van der Waals surface area contributed by atoms with Crippen molar-refractivity contribution in [3.63, 3.8) is 0 Å². The number of carbonyl (C=O) groups is 1. The van der Waals surface area contributed by atoms with E-state index in [9.17, 15) is 14.7 Å². The van der Waals surface area contributed by atoms with Gasteiger partial charge in [-0.1, -0.05) is 6.92 Å². The van der Waals surface area contributed by atoms with Gasteiger partial charge < -0.3 is 28.8 Å². The number of rotatable bonds is 3. The number of nitrogens with zero attached hydrogens (tertiary/aromatic N) is 4. The van der Waals surface area contributed by atoms with Crippen molar-refractivity contribution in [3.05, 3.63) is 50.8 Å². The summed E-state index contributed by atoms with van der Waals surface area (Å²) in [7, 11) is 2.14. The number of ether oxygens (including phenoxy) is 3. The van der Waals surface area contributed by atoms with Gasteiger partial charge >= 0.3 is 5.97 Å². The molecule has 0 saturated carbocycles. The Morgan fingerprint density at radius 2 is 1.74 bits per heavy atom. The maximum Gasteiger partial charge on any atom is 0.309 e. The fourth-order valence-corrected chi connectivity index (χ4v) is 6.31. The monoisotopic (exact) mass is 532 g/mol. The van der Waals surface area contributed by atoms with Crippen LogP contribution in [0.1, 0.15) is 42.0 Å². The number of hydrogen-bond acceptors (Lipinski definition) is 9. The number of carbonyl (C=O) groups excluding carboxylic acids is 1. The van der Waals surface area contributed by atoms with Crippen LogP contribution in [-0.2, 0) is 34.8 Å². The van der Waals surface area contributed by atoms with Crippen molar-refractivity contribution in [2.24, 2.45) is 0 Å². The molecule has 3 aromatic rings. The molecule has 0 spiro atoms. The minimum Gasteiger partial charge on any atom is -0.486 e. The summed E-state index contributed by atoms with van der Waals surface area (Å²) in [6.45, 7) is 7.66. The van der Waals surface area contributed by atoms with E-state index >= 15 is 0 Å². The smallest absolute Gasteiger partial charge is 0.309 e. The highest BCUT2D eigenvalue weighted by atomic mass is 16.6. The molecule has 1 atom stereocenters. The average molecular weight is 533 g/mol. The highest BCUT2D eigenvalue weighted by molar-refractivity contribution is 5.90. The quantitative estimate of drug-likeness (QED) is 0.397. The summed E-state index contributed by atoms with van der Waals surface area (Å²) >= 11 is 0. The minimum atomic E-state index is -1.47. The minimum absolute atomic E-state index is 0.142. The zero-order valence-electron chi connectivity index (χ0n) is 22.3. The van der Waals surface area contributed by atoms with Crippen LogP contribution in [0.15, 0.2) is 23.0 Å². The van der Waals surface area contributed by atoms with Crippen LogP contribution in [0.3, 0.4) is 0 Å². The lowest BCUT2D eigenvalue weighted by molar-refractivity contribution is -0.149. The predicted molar refractivity (Wildman–Crippen MR) is 143 cm³/mol. The van der Waals surface area contributed by atoms with Crippen LogP contribution in [0.5, 0.6) is 11.5 Å². The zero-order valence-corrected chi connectivity index (χ0v) is 22.3. The van der Waals surface area contributed by atoms with Gasteiger partial charge in [0.2, 0.25) is 0 Å². The Morgan fingerprint density at radius 3 is 2.49 bits per heavy atom. The standard InChI is InChI=1S/C29H32N4O6/c1-3-29(36)13-26(34)39-16-20-21(29)11-23-27-19(15-33(23)28(20)35)18(14-32-6-4-31(2)5-7-32)17-10-24-25(12-22(17)30-27)38-9-8-37-24/h10-12,36H,3-9,13-16H2,1-2H3. The number of likely N-dealkylation sites (N-methyl/N-ethyl adjacent to an activating group) is 1. The van der Waals surface area contributed by atoms with Gasteiger partial charge in [-0.3, -0.25) is 14.5 Å². The van der Waals surface area contributed by atoms with E-state index in [1.807, 2.05) is 25.1 Å². The molecule has 7 rings (SSSR count). The first-order valence-corrected chi connectivity index (χ1v) is 13.7. The number of esters is 1. The number of cyclic esters (lactones) is 1. The second-order valence-corrected chi connectivity index (χ2v) is 11.0. The lowest BCUT2D eigenvalue weighted by Crippen LogP contribution is -2.44. The summed E-state index contributed by atoms with van der Waals surface area (Å²) in [4.78, 5) is 36.0. The fourth-order valence-electron chi connectivity index (χ4n) is 6.31. The molecule has 204 valence electrons. The molecule has 1 fully saturated rings. The summed E-state index contributed by atoms with van der Waals surface area (Å²) in [6, 6.07) is 5.81. The van der Waals surface area contributed by atoms with Crippen LogP contribution < -0.4 is 15.0 Å². The Kier molecular flexibility index (Phi) is 5.69. The molecule has 1 N–H and O–H groups in total. The maximum absolute atomic E-state index is 13.9. The first-order chi connectivity index (χ1) is 18.8. The molecule has 0 radical (unpaired) electrons. The van der Waals surface area contributed by atoms with Crippen LogP contribution in [0, 0.1) is 0 Å². The van der Waals surface area contributed by atoms with Gasteiger partial charge in [-0.25, -0.2) is 4.98 Å². The number of pyridine rings is 2. The van der Waals surface area contributed by atoms with Gasteiger partial charge in [0.05, 0.1) is 35.4 Å². The number of hydrogen-bond donors (Lipinski definition) is 1. The van der Waals surface area contributed by atoms with Crippen LogP contribution >= 0.6 is 0 Å². The van der Waals surface area contributed by atoms with E-state index in [-0.39, 0.29) is 25.0 Å². The molecule has 4 aliphatic rings. The van der Waals surface area contributed by atoms with E-state index in [0.29, 0.717) is 48.1 Å². The predicted octanol–water partition coefficient (Wildman–Crippen LogP) is 1.99. The third-order valence-corrected chi connectivity index (χ3v) is 8.71. The highest BCUT2D eigenvalue weighted by Crippen LogP contribution is 2.43. The van der Waals surface area contributed by atoms with Crippen LogP contribution in [0.4, 0.5) is 0 Å². The van der Waals surface area contributed by atoms with Crippen molar-refractivity contribution >= 4 is 16.9 Å². The second-order valence-electron chi connectivity index (χ2n) is 11.0. The average Bonchev–Trinajstić information content (AvgIpc) is 3.24. The molecule has 39 heavy (non-hydrogen) atoms. The fraction of sp³-hybridized carbons (Fsp3) is 0.483. The first kappa shape index (κ1) is 24.6. The molecule has 1 unspecified atom stereocenters. The second kappa shape index (κ2) is 9.04. The van der Waals surface area contributed by atoms with Gasteiger partial charge in [-0.2, -0.15) is 0 Å². The molecular weight excluding hydrogens is 500 g/mol. The number of benzene rings is 1. The van der Waals surface area contributed by atoms with E-state index in [4.69, 9.17) is 19.2 Å². The molecule has 0 bridgehead atoms. The van der Waals surface area contributed by atoms with Crippen LogP contribution in [-0.4, -0.2) is 76.9 Å². The summed E-state index contributed by atoms with van der Waals surface area (Å²) in [5, 5.41) is 12.5. The Hall–Kier alpha value is -3.47. The lowest BCUT2D eigenvalue weighted by atomic mass is 9.85. The summed E-state index contributed by atoms with van der Waals surface area (Å²) in [6.07, 6.45) is 0.101. The number of aliphatic hydroxyl groups is 1. The Labute approximate surface area is 225 Å². The third-order valence-electron chi connectivity index (χ3n) is 8.71. The molecular formula is C29H32N4O6. The van der Waals surface area contributed by atoms with Gasteiger partial charge in [0.25, 0.3) is 5.56 Å². The molecule has 1 aromatic carbocycles. The van der Waals surface area contributed by atoms with Crippen molar-refractivity contribution < 1.29 is 24.1 Å². The molecule has 1 saturated heterocycles. The van der Waals surface area contributed by atoms with E-state index < -0.39 is 11.6 Å². The van der Waals surface area contributed by atoms with Crippen LogP contribution in [0.25, 0.3) is 22.3 Å². The molecule has 4 aliphatic heterocycles. The number of fused-ring (bicyclic) bond motifs is 6. The number of piperazine rings is 1. The zero-order chi connectivity index (χ0) is 26.9. The van der Waals surface area contributed by atoms with Crippen molar-refractivity contribution in [2.45, 2.75) is 45.1 Å². The highest BCUT2D eigenvalue weighted by Gasteiger charge is 2.40. The Morgan fingerprint density at radius 1 is 1.00 bits per heavy atom. The van der Waals surface area contributed by atoms with Gasteiger partial charge in [-0.05, 0) is 36.7 Å². The van der Waals surface area contributed by atoms with Gasteiger partial charge in [-0.15, -0.1) is 0 Å². The number of aromatic nitrogens is 2. The van der Waals surface area contributed by atoms with E-state index in [1.165, 1.54) is 0 Å².